The van der Waals surface area contributed by atoms with E-state index in [2.05, 4.69) is 21.3 Å². The van der Waals surface area contributed by atoms with Crippen molar-refractivity contribution in [2.24, 2.45) is 5.92 Å². The second-order valence-corrected chi connectivity index (χ2v) is 6.12. The van der Waals surface area contributed by atoms with Crippen LogP contribution in [0.15, 0.2) is 24.5 Å². The number of hydrogen-bond donors (Lipinski definition) is 1. The number of rotatable bonds is 2. The molecule has 5 rings (SSSR count). The average Bonchev–Trinajstić information content (AvgIpc) is 2.98. The predicted octanol–water partition coefficient (Wildman–Crippen LogP) is 1.03. The first-order valence-corrected chi connectivity index (χ1v) is 7.65. The molecule has 6 nitrogen and oxygen atoms in total. The lowest BCUT2D eigenvalue weighted by Crippen LogP contribution is -2.57. The van der Waals surface area contributed by atoms with Crippen LogP contribution in [0, 0.1) is 17.2 Å². The first-order chi connectivity index (χ1) is 10.7. The van der Waals surface area contributed by atoms with Crippen molar-refractivity contribution in [3.05, 3.63) is 35.9 Å². The van der Waals surface area contributed by atoms with E-state index in [-0.39, 0.29) is 11.9 Å². The molecule has 2 aromatic rings. The van der Waals surface area contributed by atoms with Gasteiger partial charge in [0.05, 0.1) is 11.7 Å². The van der Waals surface area contributed by atoms with E-state index in [0.29, 0.717) is 17.3 Å². The van der Waals surface area contributed by atoms with Gasteiger partial charge in [0, 0.05) is 18.8 Å². The van der Waals surface area contributed by atoms with Gasteiger partial charge in [-0.05, 0) is 44.0 Å². The van der Waals surface area contributed by atoms with Crippen LogP contribution >= 0.6 is 0 Å². The van der Waals surface area contributed by atoms with Crippen molar-refractivity contribution < 1.29 is 4.79 Å². The molecule has 22 heavy (non-hydrogen) atoms. The molecule has 3 aliphatic rings. The van der Waals surface area contributed by atoms with Gasteiger partial charge in [0.2, 0.25) is 0 Å². The number of fused-ring (bicyclic) bond motifs is 4. The van der Waals surface area contributed by atoms with E-state index in [1.165, 1.54) is 0 Å². The molecule has 3 aliphatic heterocycles. The predicted molar refractivity (Wildman–Crippen MR) is 80.3 cm³/mol. The molecule has 2 aromatic heterocycles. The van der Waals surface area contributed by atoms with E-state index in [4.69, 9.17) is 5.26 Å². The molecule has 0 radical (unpaired) electrons. The summed E-state index contributed by atoms with van der Waals surface area (Å²) in [6.45, 7) is 3.23. The van der Waals surface area contributed by atoms with E-state index in [1.807, 2.05) is 6.07 Å². The van der Waals surface area contributed by atoms with Crippen molar-refractivity contribution in [3.63, 3.8) is 0 Å². The van der Waals surface area contributed by atoms with Gasteiger partial charge in [0.15, 0.2) is 0 Å². The Hall–Kier alpha value is -2.39. The van der Waals surface area contributed by atoms with Gasteiger partial charge >= 0.3 is 0 Å². The Morgan fingerprint density at radius 1 is 1.36 bits per heavy atom. The number of carbonyl (C=O) groups excluding carboxylic acids is 1. The van der Waals surface area contributed by atoms with Gasteiger partial charge in [0.25, 0.3) is 5.91 Å². The standard InChI is InChI=1S/C16H17N5O/c17-7-12-1-2-13-8-18-15(10-21(12)13)16(22)19-14-9-20-5-3-11(14)4-6-20/h1-2,8,10-11,14H,3-6,9H2,(H,19,22). The number of aromatic nitrogens is 2. The maximum absolute atomic E-state index is 12.5. The first-order valence-electron chi connectivity index (χ1n) is 7.65. The Morgan fingerprint density at radius 3 is 2.86 bits per heavy atom. The van der Waals surface area contributed by atoms with Crippen LogP contribution in [0.4, 0.5) is 0 Å². The third-order valence-electron chi connectivity index (χ3n) is 4.86. The summed E-state index contributed by atoms with van der Waals surface area (Å²) in [5, 5.41) is 12.2. The van der Waals surface area contributed by atoms with E-state index in [1.54, 1.807) is 22.9 Å². The van der Waals surface area contributed by atoms with Gasteiger partial charge in [-0.1, -0.05) is 0 Å². The molecule has 1 atom stereocenters. The number of nitrogens with one attached hydrogen (secondary N) is 1. The molecule has 0 aromatic carbocycles. The summed E-state index contributed by atoms with van der Waals surface area (Å²) in [5.41, 5.74) is 1.68. The smallest absolute Gasteiger partial charge is 0.271 e. The summed E-state index contributed by atoms with van der Waals surface area (Å²) in [7, 11) is 0. The van der Waals surface area contributed by atoms with Crippen LogP contribution in [0.5, 0.6) is 0 Å². The van der Waals surface area contributed by atoms with Crippen LogP contribution in [0.25, 0.3) is 5.52 Å². The molecule has 3 saturated heterocycles. The van der Waals surface area contributed by atoms with Gasteiger partial charge in [-0.15, -0.1) is 0 Å². The fourth-order valence-electron chi connectivity index (χ4n) is 3.58. The number of hydrogen-bond acceptors (Lipinski definition) is 4. The maximum Gasteiger partial charge on any atom is 0.271 e. The molecule has 1 unspecified atom stereocenters. The monoisotopic (exact) mass is 295 g/mol. The Balaban J connectivity index is 1.56. The topological polar surface area (TPSA) is 73.4 Å². The van der Waals surface area contributed by atoms with Crippen molar-refractivity contribution >= 4 is 11.4 Å². The lowest BCUT2D eigenvalue weighted by Gasteiger charge is -2.44. The van der Waals surface area contributed by atoms with Crippen molar-refractivity contribution in [1.82, 2.24) is 19.6 Å². The largest absolute Gasteiger partial charge is 0.346 e. The minimum atomic E-state index is -0.154. The molecule has 5 heterocycles. The highest BCUT2D eigenvalue weighted by Crippen LogP contribution is 2.27. The molecular weight excluding hydrogens is 278 g/mol. The fraction of sp³-hybridized carbons (Fsp3) is 0.438. The molecule has 1 amide bonds. The third kappa shape index (κ3) is 2.14. The first kappa shape index (κ1) is 13.3. The van der Waals surface area contributed by atoms with E-state index >= 15 is 0 Å². The molecule has 1 N–H and O–H groups in total. The van der Waals surface area contributed by atoms with Crippen molar-refractivity contribution in [2.75, 3.05) is 19.6 Å². The van der Waals surface area contributed by atoms with Crippen LogP contribution in [0.1, 0.15) is 29.0 Å². The summed E-state index contributed by atoms with van der Waals surface area (Å²) >= 11 is 0. The number of carbonyl (C=O) groups is 1. The molecule has 6 heteroatoms. The maximum atomic E-state index is 12.5. The van der Waals surface area contributed by atoms with Crippen LogP contribution < -0.4 is 5.32 Å². The van der Waals surface area contributed by atoms with Crippen molar-refractivity contribution in [1.29, 1.82) is 5.26 Å². The van der Waals surface area contributed by atoms with Crippen LogP contribution in [0.2, 0.25) is 0 Å². The van der Waals surface area contributed by atoms with Gasteiger partial charge in [-0.2, -0.15) is 5.26 Å². The third-order valence-corrected chi connectivity index (χ3v) is 4.86. The quantitative estimate of drug-likeness (QED) is 0.898. The Bertz CT molecular complexity index is 766. The average molecular weight is 295 g/mol. The summed E-state index contributed by atoms with van der Waals surface area (Å²) in [4.78, 5) is 19.1. The number of nitriles is 1. The SMILES string of the molecule is N#Cc1ccc2cnc(C(=O)NC3CN4CCC3CC4)cn12. The zero-order valence-corrected chi connectivity index (χ0v) is 12.2. The zero-order chi connectivity index (χ0) is 15.1. The number of piperidine rings is 3. The highest BCUT2D eigenvalue weighted by atomic mass is 16.2. The van der Waals surface area contributed by atoms with Gasteiger partial charge in [-0.3, -0.25) is 4.79 Å². The Kier molecular flexibility index (Phi) is 3.09. The zero-order valence-electron chi connectivity index (χ0n) is 12.2. The normalized spacial score (nSPS) is 26.8. The number of nitrogens with zero attached hydrogens (tertiary/aromatic N) is 4. The molecule has 0 aliphatic carbocycles. The lowest BCUT2D eigenvalue weighted by molar-refractivity contribution is 0.0617. The summed E-state index contributed by atoms with van der Waals surface area (Å²) < 4.78 is 1.71. The summed E-state index contributed by atoms with van der Waals surface area (Å²) in [6.07, 6.45) is 5.60. The van der Waals surface area contributed by atoms with Gasteiger partial charge in [-0.25, -0.2) is 4.98 Å². The van der Waals surface area contributed by atoms with E-state index in [0.717, 1.165) is 38.0 Å². The van der Waals surface area contributed by atoms with Crippen molar-refractivity contribution in [3.8, 4) is 6.07 Å². The summed E-state index contributed by atoms with van der Waals surface area (Å²) in [5.74, 6) is 0.428. The van der Waals surface area contributed by atoms with E-state index in [9.17, 15) is 4.79 Å². The molecule has 2 bridgehead atoms. The number of amides is 1. The lowest BCUT2D eigenvalue weighted by atomic mass is 9.84. The fourth-order valence-corrected chi connectivity index (χ4v) is 3.58. The van der Waals surface area contributed by atoms with Crippen LogP contribution in [-0.2, 0) is 0 Å². The highest BCUT2D eigenvalue weighted by molar-refractivity contribution is 5.92. The van der Waals surface area contributed by atoms with Crippen LogP contribution in [0.3, 0.4) is 0 Å². The van der Waals surface area contributed by atoms with Gasteiger partial charge in [0.1, 0.15) is 17.5 Å². The molecular formula is C16H17N5O. The molecule has 112 valence electrons. The Morgan fingerprint density at radius 2 is 2.18 bits per heavy atom. The van der Waals surface area contributed by atoms with E-state index < -0.39 is 0 Å². The minimum absolute atomic E-state index is 0.154. The molecule has 0 saturated carbocycles. The molecule has 3 fully saturated rings. The minimum Gasteiger partial charge on any atom is -0.346 e. The highest BCUT2D eigenvalue weighted by Gasteiger charge is 2.35. The second kappa shape index (κ2) is 5.11. The van der Waals surface area contributed by atoms with Crippen molar-refractivity contribution in [2.45, 2.75) is 18.9 Å². The summed E-state index contributed by atoms with van der Waals surface area (Å²) in [6, 6.07) is 5.88. The van der Waals surface area contributed by atoms with Crippen LogP contribution in [-0.4, -0.2) is 45.9 Å². The Labute approximate surface area is 128 Å². The molecule has 0 spiro atoms. The second-order valence-electron chi connectivity index (χ2n) is 6.12. The van der Waals surface area contributed by atoms with Gasteiger partial charge < -0.3 is 14.6 Å².